The first-order valence-corrected chi connectivity index (χ1v) is 7.09. The molecule has 4 nitrogen and oxygen atoms in total. The number of hydrogen-bond donors (Lipinski definition) is 1. The summed E-state index contributed by atoms with van der Waals surface area (Å²) in [4.78, 5) is 14.2. The average Bonchev–Trinajstić information content (AvgIpc) is 2.65. The van der Waals surface area contributed by atoms with Gasteiger partial charge in [-0.05, 0) is 40.0 Å². The number of nitrogens with zero attached hydrogens (tertiary/aromatic N) is 1. The molecule has 0 bridgehead atoms. The summed E-state index contributed by atoms with van der Waals surface area (Å²) in [7, 11) is 0. The highest BCUT2D eigenvalue weighted by atomic mass is 16.6. The van der Waals surface area contributed by atoms with Gasteiger partial charge >= 0.3 is 6.09 Å². The molecule has 1 heterocycles. The van der Waals surface area contributed by atoms with Crippen LogP contribution in [0, 0.1) is 0 Å². The lowest BCUT2D eigenvalue weighted by Crippen LogP contribution is -2.41. The Hall–Kier alpha value is -0.770. The molecule has 0 radical (unpaired) electrons. The van der Waals surface area contributed by atoms with Gasteiger partial charge in [0, 0.05) is 25.2 Å². The lowest BCUT2D eigenvalue weighted by molar-refractivity contribution is 0.0504. The van der Waals surface area contributed by atoms with Crippen molar-refractivity contribution in [3.05, 3.63) is 0 Å². The van der Waals surface area contributed by atoms with Gasteiger partial charge in [0.15, 0.2) is 0 Å². The topological polar surface area (TPSA) is 41.6 Å². The maximum Gasteiger partial charge on any atom is 0.407 e. The van der Waals surface area contributed by atoms with Crippen LogP contribution in [0.3, 0.4) is 0 Å². The SMILES string of the molecule is CCC(CC)N1CCC(NC(=O)OC(C)(C)C)C1. The zero-order chi connectivity index (χ0) is 13.8. The van der Waals surface area contributed by atoms with E-state index in [1.54, 1.807) is 0 Å². The van der Waals surface area contributed by atoms with E-state index in [-0.39, 0.29) is 12.1 Å². The predicted molar refractivity (Wildman–Crippen MR) is 73.7 cm³/mol. The molecule has 0 saturated carbocycles. The maximum absolute atomic E-state index is 11.7. The molecule has 1 amide bonds. The van der Waals surface area contributed by atoms with E-state index >= 15 is 0 Å². The number of likely N-dealkylation sites (tertiary alicyclic amines) is 1. The molecule has 1 atom stereocenters. The largest absolute Gasteiger partial charge is 0.444 e. The van der Waals surface area contributed by atoms with Crippen molar-refractivity contribution in [2.24, 2.45) is 0 Å². The second-order valence-electron chi connectivity index (χ2n) is 6.10. The van der Waals surface area contributed by atoms with Gasteiger partial charge in [0.05, 0.1) is 0 Å². The van der Waals surface area contributed by atoms with Crippen molar-refractivity contribution < 1.29 is 9.53 Å². The van der Waals surface area contributed by atoms with Gasteiger partial charge in [-0.25, -0.2) is 4.79 Å². The highest BCUT2D eigenvalue weighted by Gasteiger charge is 2.28. The van der Waals surface area contributed by atoms with Crippen LogP contribution in [-0.4, -0.2) is 41.8 Å². The Morgan fingerprint density at radius 3 is 2.50 bits per heavy atom. The number of alkyl carbamates (subject to hydrolysis) is 1. The van der Waals surface area contributed by atoms with Gasteiger partial charge in [0.25, 0.3) is 0 Å². The Balaban J connectivity index is 2.36. The third-order valence-corrected chi connectivity index (χ3v) is 3.40. The monoisotopic (exact) mass is 256 g/mol. The lowest BCUT2D eigenvalue weighted by Gasteiger charge is -2.26. The van der Waals surface area contributed by atoms with E-state index in [4.69, 9.17) is 4.74 Å². The molecule has 1 rings (SSSR count). The van der Waals surface area contributed by atoms with Crippen LogP contribution < -0.4 is 5.32 Å². The molecular formula is C14H28N2O2. The van der Waals surface area contributed by atoms with Crippen LogP contribution in [0.5, 0.6) is 0 Å². The molecule has 1 unspecified atom stereocenters. The normalized spacial score (nSPS) is 21.3. The van der Waals surface area contributed by atoms with Crippen LogP contribution in [0.15, 0.2) is 0 Å². The fraction of sp³-hybridized carbons (Fsp3) is 0.929. The number of carbonyl (C=O) groups excluding carboxylic acids is 1. The standard InChI is InChI=1S/C14H28N2O2/c1-6-12(7-2)16-9-8-11(10-16)15-13(17)18-14(3,4)5/h11-12H,6-10H2,1-5H3,(H,15,17). The lowest BCUT2D eigenvalue weighted by atomic mass is 10.1. The fourth-order valence-corrected chi connectivity index (χ4v) is 2.52. The predicted octanol–water partition coefficient (Wildman–Crippen LogP) is 2.77. The van der Waals surface area contributed by atoms with Gasteiger partial charge in [-0.2, -0.15) is 0 Å². The Morgan fingerprint density at radius 1 is 1.39 bits per heavy atom. The van der Waals surface area contributed by atoms with Gasteiger partial charge in [0.2, 0.25) is 0 Å². The van der Waals surface area contributed by atoms with Crippen molar-refractivity contribution in [1.29, 1.82) is 0 Å². The van der Waals surface area contributed by atoms with Crippen molar-refractivity contribution in [2.75, 3.05) is 13.1 Å². The molecule has 0 aliphatic carbocycles. The molecule has 0 aromatic rings. The van der Waals surface area contributed by atoms with E-state index < -0.39 is 5.60 Å². The molecular weight excluding hydrogens is 228 g/mol. The maximum atomic E-state index is 11.7. The molecule has 0 spiro atoms. The van der Waals surface area contributed by atoms with E-state index in [9.17, 15) is 4.79 Å². The second kappa shape index (κ2) is 6.41. The number of nitrogens with one attached hydrogen (secondary N) is 1. The molecule has 1 aliphatic rings. The van der Waals surface area contributed by atoms with Crippen molar-refractivity contribution in [3.8, 4) is 0 Å². The summed E-state index contributed by atoms with van der Waals surface area (Å²) in [5.41, 5.74) is -0.419. The Labute approximate surface area is 111 Å². The van der Waals surface area contributed by atoms with E-state index in [1.165, 1.54) is 12.8 Å². The van der Waals surface area contributed by atoms with Crippen molar-refractivity contribution in [3.63, 3.8) is 0 Å². The Kier molecular flexibility index (Phi) is 5.45. The number of ether oxygens (including phenoxy) is 1. The van der Waals surface area contributed by atoms with Crippen LogP contribution in [-0.2, 0) is 4.74 Å². The average molecular weight is 256 g/mol. The number of hydrogen-bond acceptors (Lipinski definition) is 3. The zero-order valence-electron chi connectivity index (χ0n) is 12.5. The summed E-state index contributed by atoms with van der Waals surface area (Å²) < 4.78 is 5.28. The molecule has 1 aliphatic heterocycles. The molecule has 1 N–H and O–H groups in total. The van der Waals surface area contributed by atoms with Crippen LogP contribution >= 0.6 is 0 Å². The molecule has 0 aromatic carbocycles. The molecule has 0 aromatic heterocycles. The minimum absolute atomic E-state index is 0.237. The van der Waals surface area contributed by atoms with Crippen molar-refractivity contribution in [2.45, 2.75) is 71.6 Å². The van der Waals surface area contributed by atoms with E-state index in [0.29, 0.717) is 6.04 Å². The van der Waals surface area contributed by atoms with Crippen LogP contribution in [0.25, 0.3) is 0 Å². The highest BCUT2D eigenvalue weighted by molar-refractivity contribution is 5.68. The van der Waals surface area contributed by atoms with Gasteiger partial charge in [0.1, 0.15) is 5.60 Å². The minimum Gasteiger partial charge on any atom is -0.444 e. The van der Waals surface area contributed by atoms with Crippen LogP contribution in [0.2, 0.25) is 0 Å². The first kappa shape index (κ1) is 15.3. The van der Waals surface area contributed by atoms with Gasteiger partial charge in [-0.3, -0.25) is 4.90 Å². The summed E-state index contributed by atoms with van der Waals surface area (Å²) in [6.07, 6.45) is 3.08. The fourth-order valence-electron chi connectivity index (χ4n) is 2.52. The van der Waals surface area contributed by atoms with Gasteiger partial charge in [-0.1, -0.05) is 13.8 Å². The summed E-state index contributed by atoms with van der Waals surface area (Å²) in [5.74, 6) is 0. The molecule has 18 heavy (non-hydrogen) atoms. The summed E-state index contributed by atoms with van der Waals surface area (Å²) in [6, 6.07) is 0.885. The molecule has 106 valence electrons. The summed E-state index contributed by atoms with van der Waals surface area (Å²) in [6.45, 7) is 12.1. The van der Waals surface area contributed by atoms with Gasteiger partial charge < -0.3 is 10.1 Å². The molecule has 1 saturated heterocycles. The Bertz CT molecular complexity index is 269. The second-order valence-corrected chi connectivity index (χ2v) is 6.10. The van der Waals surface area contributed by atoms with Gasteiger partial charge in [-0.15, -0.1) is 0 Å². The minimum atomic E-state index is -0.419. The third kappa shape index (κ3) is 4.84. The third-order valence-electron chi connectivity index (χ3n) is 3.40. The number of carbonyl (C=O) groups is 1. The molecule has 4 heteroatoms. The van der Waals surface area contributed by atoms with E-state index in [1.807, 2.05) is 20.8 Å². The quantitative estimate of drug-likeness (QED) is 0.841. The molecule has 1 fully saturated rings. The van der Waals surface area contributed by atoms with E-state index in [0.717, 1.165) is 19.5 Å². The summed E-state index contributed by atoms with van der Waals surface area (Å²) >= 11 is 0. The first-order chi connectivity index (χ1) is 8.35. The highest BCUT2D eigenvalue weighted by Crippen LogP contribution is 2.17. The van der Waals surface area contributed by atoms with Crippen LogP contribution in [0.4, 0.5) is 4.79 Å². The first-order valence-electron chi connectivity index (χ1n) is 7.09. The zero-order valence-corrected chi connectivity index (χ0v) is 12.5. The number of rotatable bonds is 4. The summed E-state index contributed by atoms with van der Waals surface area (Å²) in [5, 5.41) is 2.97. The van der Waals surface area contributed by atoms with Crippen molar-refractivity contribution >= 4 is 6.09 Å². The van der Waals surface area contributed by atoms with Crippen LogP contribution in [0.1, 0.15) is 53.9 Å². The smallest absolute Gasteiger partial charge is 0.407 e. The number of amides is 1. The van der Waals surface area contributed by atoms with Crippen molar-refractivity contribution in [1.82, 2.24) is 10.2 Å². The van der Waals surface area contributed by atoms with E-state index in [2.05, 4.69) is 24.1 Å². The Morgan fingerprint density at radius 2 is 2.00 bits per heavy atom.